The lowest BCUT2D eigenvalue weighted by Gasteiger charge is -2.24. The highest BCUT2D eigenvalue weighted by Gasteiger charge is 2.28. The molecule has 0 amide bonds. The van der Waals surface area contributed by atoms with E-state index in [-0.39, 0.29) is 5.03 Å². The van der Waals surface area contributed by atoms with E-state index in [9.17, 15) is 8.42 Å². The minimum atomic E-state index is -3.69. The Kier molecular flexibility index (Phi) is 2.79. The number of hydrogen-bond acceptors (Lipinski definition) is 3. The van der Waals surface area contributed by atoms with Crippen molar-refractivity contribution in [3.8, 4) is 0 Å². The summed E-state index contributed by atoms with van der Waals surface area (Å²) >= 11 is 0. The van der Waals surface area contributed by atoms with Crippen molar-refractivity contribution in [3.63, 3.8) is 0 Å². The minimum absolute atomic E-state index is 0.0795. The Morgan fingerprint density at radius 3 is 2.81 bits per heavy atom. The number of sulfonamides is 1. The van der Waals surface area contributed by atoms with Crippen LogP contribution >= 0.6 is 0 Å². The molecule has 1 atom stereocenters. The van der Waals surface area contributed by atoms with Crippen LogP contribution in [-0.2, 0) is 22.9 Å². The van der Waals surface area contributed by atoms with E-state index in [1.165, 1.54) is 0 Å². The quantitative estimate of drug-likeness (QED) is 0.841. The Bertz CT molecular complexity index is 504. The lowest BCUT2D eigenvalue weighted by molar-refractivity contribution is 0.416. The zero-order valence-electron chi connectivity index (χ0n) is 9.60. The van der Waals surface area contributed by atoms with Crippen molar-refractivity contribution in [2.75, 3.05) is 0 Å². The first kappa shape index (κ1) is 11.6. The van der Waals surface area contributed by atoms with E-state index in [0.717, 1.165) is 37.2 Å². The summed E-state index contributed by atoms with van der Waals surface area (Å²) in [6, 6.07) is 0.321. The normalized spacial score (nSPS) is 20.8. The van der Waals surface area contributed by atoms with E-state index in [2.05, 4.69) is 11.9 Å². The maximum atomic E-state index is 11.4. The molecule has 0 spiro atoms. The van der Waals surface area contributed by atoms with Gasteiger partial charge in [0, 0.05) is 12.5 Å². The van der Waals surface area contributed by atoms with E-state index in [0.29, 0.717) is 6.04 Å². The van der Waals surface area contributed by atoms with Gasteiger partial charge in [0.2, 0.25) is 0 Å². The predicted molar refractivity (Wildman–Crippen MR) is 60.6 cm³/mol. The molecule has 0 bridgehead atoms. The SMILES string of the molecule is CCc1nc(S(N)(=O)=O)c2n1C(C)CCC2. The summed E-state index contributed by atoms with van der Waals surface area (Å²) in [7, 11) is -3.69. The smallest absolute Gasteiger partial charge is 0.257 e. The number of rotatable bonds is 2. The number of nitrogens with zero attached hydrogens (tertiary/aromatic N) is 2. The third kappa shape index (κ3) is 1.76. The number of aryl methyl sites for hydroxylation is 1. The van der Waals surface area contributed by atoms with Gasteiger partial charge in [-0.1, -0.05) is 6.92 Å². The van der Waals surface area contributed by atoms with Gasteiger partial charge in [-0.2, -0.15) is 0 Å². The lowest BCUT2D eigenvalue weighted by atomic mass is 10.0. The van der Waals surface area contributed by atoms with Crippen LogP contribution in [0.15, 0.2) is 5.03 Å². The summed E-state index contributed by atoms with van der Waals surface area (Å²) in [5.74, 6) is 0.825. The molecule has 16 heavy (non-hydrogen) atoms. The fourth-order valence-electron chi connectivity index (χ4n) is 2.41. The molecule has 2 rings (SSSR count). The van der Waals surface area contributed by atoms with Crippen molar-refractivity contribution in [2.24, 2.45) is 5.14 Å². The summed E-state index contributed by atoms with van der Waals surface area (Å²) in [5, 5.41) is 5.27. The van der Waals surface area contributed by atoms with Crippen LogP contribution in [0.25, 0.3) is 0 Å². The Labute approximate surface area is 95.7 Å². The molecule has 2 N–H and O–H groups in total. The molecule has 1 aromatic rings. The fraction of sp³-hybridized carbons (Fsp3) is 0.700. The molecule has 5 nitrogen and oxygen atoms in total. The second-order valence-corrected chi connectivity index (χ2v) is 5.77. The maximum Gasteiger partial charge on any atom is 0.257 e. The molecule has 1 aliphatic heterocycles. The monoisotopic (exact) mass is 243 g/mol. The summed E-state index contributed by atoms with van der Waals surface area (Å²) < 4.78 is 24.9. The molecule has 90 valence electrons. The molecule has 0 saturated heterocycles. The average Bonchev–Trinajstić information content (AvgIpc) is 2.57. The van der Waals surface area contributed by atoms with Crippen LogP contribution in [0.4, 0.5) is 0 Å². The Morgan fingerprint density at radius 2 is 2.25 bits per heavy atom. The van der Waals surface area contributed by atoms with E-state index < -0.39 is 10.0 Å². The van der Waals surface area contributed by atoms with Crippen LogP contribution in [-0.4, -0.2) is 18.0 Å². The number of primary sulfonamides is 1. The first-order valence-corrected chi connectivity index (χ1v) is 7.12. The number of fused-ring (bicyclic) bond motifs is 1. The molecule has 0 aliphatic carbocycles. The number of hydrogen-bond donors (Lipinski definition) is 1. The molecule has 0 aromatic carbocycles. The van der Waals surface area contributed by atoms with Gasteiger partial charge in [-0.05, 0) is 26.2 Å². The predicted octanol–water partition coefficient (Wildman–Crippen LogP) is 0.990. The summed E-state index contributed by atoms with van der Waals surface area (Å²) in [4.78, 5) is 4.18. The molecule has 0 fully saturated rings. The highest BCUT2D eigenvalue weighted by atomic mass is 32.2. The Hall–Kier alpha value is -0.880. The molecule has 1 unspecified atom stereocenters. The number of aromatic nitrogens is 2. The van der Waals surface area contributed by atoms with E-state index >= 15 is 0 Å². The van der Waals surface area contributed by atoms with Crippen LogP contribution in [0.2, 0.25) is 0 Å². The van der Waals surface area contributed by atoms with Gasteiger partial charge in [-0.25, -0.2) is 18.5 Å². The van der Waals surface area contributed by atoms with Gasteiger partial charge in [0.25, 0.3) is 10.0 Å². The summed E-state index contributed by atoms with van der Waals surface area (Å²) in [6.07, 6.45) is 3.55. The molecule has 1 aliphatic rings. The Balaban J connectivity index is 2.67. The van der Waals surface area contributed by atoms with Gasteiger partial charge in [0.1, 0.15) is 5.82 Å². The maximum absolute atomic E-state index is 11.4. The summed E-state index contributed by atoms with van der Waals surface area (Å²) in [6.45, 7) is 4.07. The van der Waals surface area contributed by atoms with Crippen molar-refractivity contribution < 1.29 is 8.42 Å². The van der Waals surface area contributed by atoms with E-state index in [1.54, 1.807) is 0 Å². The number of imidazole rings is 1. The topological polar surface area (TPSA) is 78.0 Å². The second kappa shape index (κ2) is 3.85. The van der Waals surface area contributed by atoms with Crippen molar-refractivity contribution in [2.45, 2.75) is 50.6 Å². The first-order chi connectivity index (χ1) is 7.45. The third-order valence-electron chi connectivity index (χ3n) is 3.11. The molecular formula is C10H17N3O2S. The van der Waals surface area contributed by atoms with Crippen LogP contribution < -0.4 is 5.14 Å². The third-order valence-corrected chi connectivity index (χ3v) is 3.97. The largest absolute Gasteiger partial charge is 0.328 e. The molecule has 6 heteroatoms. The summed E-state index contributed by atoms with van der Waals surface area (Å²) in [5.41, 5.74) is 0.790. The average molecular weight is 243 g/mol. The second-order valence-electron chi connectivity index (χ2n) is 4.29. The highest BCUT2D eigenvalue weighted by Crippen LogP contribution is 2.30. The van der Waals surface area contributed by atoms with Crippen molar-refractivity contribution in [3.05, 3.63) is 11.5 Å². The molecule has 0 radical (unpaired) electrons. The van der Waals surface area contributed by atoms with Gasteiger partial charge < -0.3 is 4.57 Å². The van der Waals surface area contributed by atoms with E-state index in [1.807, 2.05) is 11.5 Å². The van der Waals surface area contributed by atoms with Crippen molar-refractivity contribution in [1.82, 2.24) is 9.55 Å². The van der Waals surface area contributed by atoms with Gasteiger partial charge in [0.05, 0.1) is 5.69 Å². The van der Waals surface area contributed by atoms with Crippen molar-refractivity contribution in [1.29, 1.82) is 0 Å². The molecule has 0 saturated carbocycles. The van der Waals surface area contributed by atoms with Gasteiger partial charge in [-0.3, -0.25) is 0 Å². The van der Waals surface area contributed by atoms with E-state index in [4.69, 9.17) is 5.14 Å². The van der Waals surface area contributed by atoms with Crippen LogP contribution in [0.5, 0.6) is 0 Å². The Morgan fingerprint density at radius 1 is 1.56 bits per heavy atom. The van der Waals surface area contributed by atoms with Gasteiger partial charge in [0.15, 0.2) is 5.03 Å². The standard InChI is InChI=1S/C10H17N3O2S/c1-3-9-12-10(16(11,14)15)8-6-4-5-7(2)13(8)9/h7H,3-6H2,1-2H3,(H2,11,14,15). The molecular weight excluding hydrogens is 226 g/mol. The number of nitrogens with two attached hydrogens (primary N) is 1. The molecule has 2 heterocycles. The van der Waals surface area contributed by atoms with Crippen LogP contribution in [0.3, 0.4) is 0 Å². The highest BCUT2D eigenvalue weighted by molar-refractivity contribution is 7.89. The van der Waals surface area contributed by atoms with Gasteiger partial charge >= 0.3 is 0 Å². The zero-order valence-corrected chi connectivity index (χ0v) is 10.4. The van der Waals surface area contributed by atoms with Crippen molar-refractivity contribution >= 4 is 10.0 Å². The van der Waals surface area contributed by atoms with Gasteiger partial charge in [-0.15, -0.1) is 0 Å². The minimum Gasteiger partial charge on any atom is -0.328 e. The van der Waals surface area contributed by atoms with Crippen LogP contribution in [0, 0.1) is 0 Å². The lowest BCUT2D eigenvalue weighted by Crippen LogP contribution is -2.20. The fourth-order valence-corrected chi connectivity index (χ4v) is 3.17. The molecule has 1 aromatic heterocycles. The van der Waals surface area contributed by atoms with Crippen LogP contribution in [0.1, 0.15) is 44.2 Å². The zero-order chi connectivity index (χ0) is 11.9. The first-order valence-electron chi connectivity index (χ1n) is 5.58.